The van der Waals surface area contributed by atoms with Crippen LogP contribution in [0.4, 0.5) is 0 Å². The molecule has 0 atom stereocenters. The Labute approximate surface area is 86.9 Å². The fourth-order valence-electron chi connectivity index (χ4n) is 0.786. The van der Waals surface area contributed by atoms with Crippen molar-refractivity contribution >= 4 is 0 Å². The predicted octanol–water partition coefficient (Wildman–Crippen LogP) is 2.76. The molecular weight excluding hydrogens is 347 g/mol. The van der Waals surface area contributed by atoms with Gasteiger partial charge in [-0.25, -0.2) is 0 Å². The van der Waals surface area contributed by atoms with Gasteiger partial charge in [0.2, 0.25) is 0 Å². The molecule has 74 valence electrons. The van der Waals surface area contributed by atoms with Crippen molar-refractivity contribution in [2.75, 3.05) is 0 Å². The van der Waals surface area contributed by atoms with Crippen LogP contribution in [0.25, 0.3) is 0 Å². The minimum atomic E-state index is -1.92. The minimum absolute atomic E-state index is 1.14. The summed E-state index contributed by atoms with van der Waals surface area (Å²) in [6, 6.07) is 0. The van der Waals surface area contributed by atoms with Gasteiger partial charge in [0, 0.05) is 0 Å². The van der Waals surface area contributed by atoms with Crippen molar-refractivity contribution in [3.8, 4) is 0 Å². The van der Waals surface area contributed by atoms with Gasteiger partial charge in [-0.1, -0.05) is 48.6 Å². The van der Waals surface area contributed by atoms with Gasteiger partial charge in [-0.3, -0.25) is 0 Å². The summed E-state index contributed by atoms with van der Waals surface area (Å²) < 4.78 is 17.0. The molecule has 0 bridgehead atoms. The van der Waals surface area contributed by atoms with E-state index < -0.39 is 18.5 Å². The van der Waals surface area contributed by atoms with Gasteiger partial charge < -0.3 is 0 Å². The summed E-state index contributed by atoms with van der Waals surface area (Å²) in [5.41, 5.74) is 0. The van der Waals surface area contributed by atoms with Gasteiger partial charge in [0.15, 0.2) is 0 Å². The molecule has 0 aliphatic heterocycles. The van der Waals surface area contributed by atoms with Crippen molar-refractivity contribution in [2.24, 2.45) is 0 Å². The van der Waals surface area contributed by atoms with Crippen molar-refractivity contribution in [1.29, 1.82) is 0 Å². The van der Waals surface area contributed by atoms with Crippen LogP contribution in [-0.4, -0.2) is 0 Å². The summed E-state index contributed by atoms with van der Waals surface area (Å²) in [4.78, 5) is 0. The summed E-state index contributed by atoms with van der Waals surface area (Å²) in [7, 11) is 0. The van der Waals surface area contributed by atoms with Gasteiger partial charge in [-0.2, -0.15) is 0 Å². The molecule has 0 aromatic heterocycles. The molecule has 2 rings (SSSR count). The van der Waals surface area contributed by atoms with Crippen LogP contribution in [0.15, 0.2) is 48.6 Å². The Balaban J connectivity index is 0.000000174. The first-order chi connectivity index (χ1) is 6.41. The second kappa shape index (κ2) is 11.2. The Morgan fingerprint density at radius 2 is 0.923 bits per heavy atom. The monoisotopic (exact) mass is 359 g/mol. The Morgan fingerprint density at radius 3 is 1.00 bits per heavy atom. The van der Waals surface area contributed by atoms with E-state index in [0.717, 1.165) is 12.8 Å². The molecule has 2 aliphatic rings. The van der Waals surface area contributed by atoms with Crippen LogP contribution in [0.5, 0.6) is 0 Å². The molecule has 0 saturated carbocycles. The van der Waals surface area contributed by atoms with Crippen molar-refractivity contribution in [1.82, 2.24) is 0 Å². The molecule has 0 amide bonds. The van der Waals surface area contributed by atoms with Gasteiger partial charge in [0.1, 0.15) is 0 Å². The van der Waals surface area contributed by atoms with E-state index >= 15 is 0 Å². The van der Waals surface area contributed by atoms with E-state index in [9.17, 15) is 0 Å². The van der Waals surface area contributed by atoms with Gasteiger partial charge in [0.25, 0.3) is 0 Å². The molecule has 2 aliphatic carbocycles. The fraction of sp³-hybridized carbons (Fsp3) is 0.200. The van der Waals surface area contributed by atoms with E-state index in [-0.39, 0.29) is 0 Å². The van der Waals surface area contributed by atoms with Crippen LogP contribution >= 0.6 is 0 Å². The standard InChI is InChI=1S/2C5H6.2O.Pt/c2*1-2-4-5-3-1;;;/h2*1-4H,5H2;;;. The molecule has 0 radical (unpaired) electrons. The Morgan fingerprint density at radius 1 is 0.692 bits per heavy atom. The van der Waals surface area contributed by atoms with Gasteiger partial charge >= 0.3 is 25.3 Å². The van der Waals surface area contributed by atoms with E-state index in [1.165, 1.54) is 0 Å². The third-order valence-electron chi connectivity index (χ3n) is 1.31. The second-order valence-electron chi connectivity index (χ2n) is 2.24. The Bertz CT molecular complexity index is 214. The van der Waals surface area contributed by atoms with Crippen molar-refractivity contribution in [2.45, 2.75) is 12.8 Å². The van der Waals surface area contributed by atoms with Crippen molar-refractivity contribution in [3.63, 3.8) is 0 Å². The average molecular weight is 359 g/mol. The average Bonchev–Trinajstić information content (AvgIpc) is 2.85. The summed E-state index contributed by atoms with van der Waals surface area (Å²) >= 11 is -1.92. The van der Waals surface area contributed by atoms with Crippen LogP contribution < -0.4 is 0 Å². The topological polar surface area (TPSA) is 34.1 Å². The molecule has 0 heterocycles. The molecule has 0 N–H and O–H groups in total. The zero-order valence-corrected chi connectivity index (χ0v) is 9.44. The Hall–Kier alpha value is -0.752. The number of hydrogen-bond acceptors (Lipinski definition) is 2. The molecule has 0 saturated heterocycles. The van der Waals surface area contributed by atoms with Crippen LogP contribution in [0.3, 0.4) is 0 Å². The zero-order chi connectivity index (χ0) is 9.78. The molecule has 0 fully saturated rings. The molecule has 0 aromatic carbocycles. The first-order valence-corrected chi connectivity index (χ1v) is 5.75. The molecule has 3 heteroatoms. The second-order valence-corrected chi connectivity index (χ2v) is 2.62. The van der Waals surface area contributed by atoms with E-state index in [1.807, 2.05) is 0 Å². The fourth-order valence-corrected chi connectivity index (χ4v) is 0.786. The van der Waals surface area contributed by atoms with Crippen molar-refractivity contribution < 1.29 is 25.3 Å². The predicted molar refractivity (Wildman–Crippen MR) is 47.2 cm³/mol. The number of allylic oxidation sites excluding steroid dienone is 8. The SMILES string of the molecule is C1=CCC=C1.C1=CCC=C1.[O]=[Pt]=[O]. The quantitative estimate of drug-likeness (QED) is 0.667. The van der Waals surface area contributed by atoms with E-state index in [2.05, 4.69) is 48.6 Å². The summed E-state index contributed by atoms with van der Waals surface area (Å²) in [5.74, 6) is 0. The maximum atomic E-state index is 8.49. The van der Waals surface area contributed by atoms with Crippen LogP contribution in [-0.2, 0) is 25.3 Å². The third kappa shape index (κ3) is 11.2. The normalized spacial score (nSPS) is 15.1. The summed E-state index contributed by atoms with van der Waals surface area (Å²) in [6.45, 7) is 0. The zero-order valence-electron chi connectivity index (χ0n) is 7.17. The summed E-state index contributed by atoms with van der Waals surface area (Å²) in [6.07, 6.45) is 19.0. The molecule has 0 unspecified atom stereocenters. The molecule has 13 heavy (non-hydrogen) atoms. The third-order valence-corrected chi connectivity index (χ3v) is 1.31. The van der Waals surface area contributed by atoms with E-state index in [4.69, 9.17) is 6.80 Å². The van der Waals surface area contributed by atoms with Gasteiger partial charge in [0.05, 0.1) is 0 Å². The molecule has 0 aromatic rings. The van der Waals surface area contributed by atoms with Gasteiger partial charge in [-0.15, -0.1) is 0 Å². The van der Waals surface area contributed by atoms with E-state index in [1.54, 1.807) is 0 Å². The summed E-state index contributed by atoms with van der Waals surface area (Å²) in [5, 5.41) is 0. The maximum absolute atomic E-state index is 8.49. The molecule has 0 spiro atoms. The number of hydrogen-bond donors (Lipinski definition) is 0. The first kappa shape index (κ1) is 12.2. The molecular formula is C10H12O2Pt. The molecule has 2 nitrogen and oxygen atoms in total. The van der Waals surface area contributed by atoms with Crippen LogP contribution in [0.1, 0.15) is 12.8 Å². The Kier molecular flexibility index (Phi) is 10.6. The first-order valence-electron chi connectivity index (χ1n) is 3.89. The number of rotatable bonds is 0. The van der Waals surface area contributed by atoms with E-state index in [0.29, 0.717) is 0 Å². The van der Waals surface area contributed by atoms with Crippen LogP contribution in [0.2, 0.25) is 0 Å². The van der Waals surface area contributed by atoms with Crippen molar-refractivity contribution in [3.05, 3.63) is 48.6 Å². The van der Waals surface area contributed by atoms with Crippen LogP contribution in [0, 0.1) is 0 Å². The van der Waals surface area contributed by atoms with Gasteiger partial charge in [-0.05, 0) is 12.8 Å².